The number of carbonyl (C=O) groups excluding carboxylic acids is 1. The van der Waals surface area contributed by atoms with Gasteiger partial charge in [0.1, 0.15) is 0 Å². The first-order chi connectivity index (χ1) is 11.3. The van der Waals surface area contributed by atoms with Crippen LogP contribution in [0.25, 0.3) is 0 Å². The molecule has 3 unspecified atom stereocenters. The van der Waals surface area contributed by atoms with Gasteiger partial charge in [-0.2, -0.15) is 0 Å². The zero-order valence-corrected chi connectivity index (χ0v) is 13.2. The average Bonchev–Trinajstić information content (AvgIpc) is 3.19. The summed E-state index contributed by atoms with van der Waals surface area (Å²) in [4.78, 5) is 12.4. The standard InChI is InChI=1S/C20H22N2O/c23-20(22-19-12-16-11-18(19)21-13-16)17-8-6-15(7-9-17)10-14-4-2-1-3-5-14/h1-9,16,18-19,21H,10-13H2,(H,22,23). The summed E-state index contributed by atoms with van der Waals surface area (Å²) in [5, 5.41) is 6.68. The fourth-order valence-electron chi connectivity index (χ4n) is 3.87. The maximum absolute atomic E-state index is 12.4. The molecule has 2 aliphatic rings. The second-order valence-corrected chi connectivity index (χ2v) is 6.79. The first kappa shape index (κ1) is 14.5. The molecule has 0 radical (unpaired) electrons. The second kappa shape index (κ2) is 6.17. The quantitative estimate of drug-likeness (QED) is 0.912. The monoisotopic (exact) mass is 306 g/mol. The molecule has 1 saturated carbocycles. The van der Waals surface area contributed by atoms with E-state index in [9.17, 15) is 4.79 Å². The highest BCUT2D eigenvalue weighted by atomic mass is 16.1. The number of fused-ring (bicyclic) bond motifs is 2. The Morgan fingerprint density at radius 1 is 1.00 bits per heavy atom. The number of carbonyl (C=O) groups is 1. The lowest BCUT2D eigenvalue weighted by Gasteiger charge is -2.24. The lowest BCUT2D eigenvalue weighted by Crippen LogP contribution is -2.47. The van der Waals surface area contributed by atoms with E-state index in [0.717, 1.165) is 30.9 Å². The zero-order valence-electron chi connectivity index (χ0n) is 13.2. The van der Waals surface area contributed by atoms with Gasteiger partial charge >= 0.3 is 0 Å². The molecule has 0 spiro atoms. The van der Waals surface area contributed by atoms with Gasteiger partial charge in [-0.15, -0.1) is 0 Å². The molecule has 1 aliphatic carbocycles. The van der Waals surface area contributed by atoms with Crippen molar-refractivity contribution >= 4 is 5.91 Å². The SMILES string of the molecule is O=C(NC1CC2CNC1C2)c1ccc(Cc2ccccc2)cc1. The first-order valence-electron chi connectivity index (χ1n) is 8.45. The van der Waals surface area contributed by atoms with E-state index < -0.39 is 0 Å². The molecule has 118 valence electrons. The number of hydrogen-bond donors (Lipinski definition) is 2. The largest absolute Gasteiger partial charge is 0.348 e. The van der Waals surface area contributed by atoms with Crippen molar-refractivity contribution in [3.05, 3.63) is 71.3 Å². The van der Waals surface area contributed by atoms with Gasteiger partial charge < -0.3 is 10.6 Å². The van der Waals surface area contributed by atoms with Crippen LogP contribution in [0.15, 0.2) is 54.6 Å². The third kappa shape index (κ3) is 3.15. The Kier molecular flexibility index (Phi) is 3.88. The zero-order chi connectivity index (χ0) is 15.6. The molecule has 4 rings (SSSR count). The minimum atomic E-state index is 0.0515. The van der Waals surface area contributed by atoms with Crippen LogP contribution >= 0.6 is 0 Å². The summed E-state index contributed by atoms with van der Waals surface area (Å²) in [7, 11) is 0. The Bertz CT molecular complexity index is 681. The molecule has 1 aliphatic heterocycles. The van der Waals surface area contributed by atoms with Crippen LogP contribution in [0.4, 0.5) is 0 Å². The van der Waals surface area contributed by atoms with Crippen molar-refractivity contribution in [3.63, 3.8) is 0 Å². The average molecular weight is 306 g/mol. The van der Waals surface area contributed by atoms with Crippen molar-refractivity contribution in [1.29, 1.82) is 0 Å². The van der Waals surface area contributed by atoms with E-state index in [1.807, 2.05) is 18.2 Å². The van der Waals surface area contributed by atoms with Crippen molar-refractivity contribution in [3.8, 4) is 0 Å². The maximum atomic E-state index is 12.4. The predicted octanol–water partition coefficient (Wildman–Crippen LogP) is 2.76. The molecule has 3 heteroatoms. The van der Waals surface area contributed by atoms with Gasteiger partial charge in [0, 0.05) is 17.6 Å². The Balaban J connectivity index is 1.38. The van der Waals surface area contributed by atoms with Gasteiger partial charge in [-0.3, -0.25) is 4.79 Å². The fourth-order valence-corrected chi connectivity index (χ4v) is 3.87. The minimum Gasteiger partial charge on any atom is -0.348 e. The van der Waals surface area contributed by atoms with E-state index in [1.165, 1.54) is 17.5 Å². The van der Waals surface area contributed by atoms with Crippen molar-refractivity contribution in [2.24, 2.45) is 5.92 Å². The Morgan fingerprint density at radius 3 is 2.39 bits per heavy atom. The van der Waals surface area contributed by atoms with E-state index >= 15 is 0 Å². The highest BCUT2D eigenvalue weighted by Gasteiger charge is 2.39. The molecule has 1 amide bonds. The summed E-state index contributed by atoms with van der Waals surface area (Å²) in [6.07, 6.45) is 3.23. The number of benzene rings is 2. The van der Waals surface area contributed by atoms with Crippen molar-refractivity contribution < 1.29 is 4.79 Å². The van der Waals surface area contributed by atoms with Crippen LogP contribution < -0.4 is 10.6 Å². The fraction of sp³-hybridized carbons (Fsp3) is 0.350. The third-order valence-corrected chi connectivity index (χ3v) is 5.11. The third-order valence-electron chi connectivity index (χ3n) is 5.11. The molecule has 2 aromatic rings. The summed E-state index contributed by atoms with van der Waals surface area (Å²) in [6, 6.07) is 19.2. The number of nitrogens with one attached hydrogen (secondary N) is 2. The molecular weight excluding hydrogens is 284 g/mol. The normalized spacial score (nSPS) is 25.5. The smallest absolute Gasteiger partial charge is 0.251 e. The van der Waals surface area contributed by atoms with Crippen LogP contribution in [0, 0.1) is 5.92 Å². The van der Waals surface area contributed by atoms with Crippen molar-refractivity contribution in [2.45, 2.75) is 31.3 Å². The van der Waals surface area contributed by atoms with E-state index in [4.69, 9.17) is 0 Å². The van der Waals surface area contributed by atoms with Gasteiger partial charge in [0.25, 0.3) is 5.91 Å². The number of piperidine rings is 1. The van der Waals surface area contributed by atoms with E-state index in [-0.39, 0.29) is 5.91 Å². The van der Waals surface area contributed by atoms with E-state index in [1.54, 1.807) is 0 Å². The van der Waals surface area contributed by atoms with Gasteiger partial charge in [0.15, 0.2) is 0 Å². The molecule has 23 heavy (non-hydrogen) atoms. The summed E-state index contributed by atoms with van der Waals surface area (Å²) in [5.41, 5.74) is 3.27. The highest BCUT2D eigenvalue weighted by molar-refractivity contribution is 5.94. The summed E-state index contributed by atoms with van der Waals surface area (Å²) >= 11 is 0. The van der Waals surface area contributed by atoms with E-state index in [2.05, 4.69) is 47.0 Å². The Morgan fingerprint density at radius 2 is 1.74 bits per heavy atom. The Labute approximate surface area is 137 Å². The number of rotatable bonds is 4. The number of amides is 1. The second-order valence-electron chi connectivity index (χ2n) is 6.79. The molecule has 2 N–H and O–H groups in total. The topological polar surface area (TPSA) is 41.1 Å². The molecule has 3 atom stereocenters. The van der Waals surface area contributed by atoms with E-state index in [0.29, 0.717) is 12.1 Å². The molecule has 2 fully saturated rings. The molecule has 2 bridgehead atoms. The van der Waals surface area contributed by atoms with Crippen LogP contribution in [0.1, 0.15) is 34.3 Å². The minimum absolute atomic E-state index is 0.0515. The lowest BCUT2D eigenvalue weighted by molar-refractivity contribution is 0.0928. The van der Waals surface area contributed by atoms with Gasteiger partial charge in [-0.1, -0.05) is 42.5 Å². The lowest BCUT2D eigenvalue weighted by atomic mass is 10.0. The molecule has 2 aromatic carbocycles. The van der Waals surface area contributed by atoms with Crippen LogP contribution in [-0.4, -0.2) is 24.5 Å². The summed E-state index contributed by atoms with van der Waals surface area (Å²) in [5.74, 6) is 0.800. The van der Waals surface area contributed by atoms with Crippen LogP contribution in [-0.2, 0) is 6.42 Å². The summed E-state index contributed by atoms with van der Waals surface area (Å²) in [6.45, 7) is 1.12. The predicted molar refractivity (Wildman–Crippen MR) is 91.5 cm³/mol. The molecule has 3 nitrogen and oxygen atoms in total. The molecule has 0 aromatic heterocycles. The van der Waals surface area contributed by atoms with Crippen LogP contribution in [0.2, 0.25) is 0 Å². The number of hydrogen-bond acceptors (Lipinski definition) is 2. The van der Waals surface area contributed by atoms with Crippen LogP contribution in [0.3, 0.4) is 0 Å². The first-order valence-corrected chi connectivity index (χ1v) is 8.45. The molecular formula is C20H22N2O. The van der Waals surface area contributed by atoms with Gasteiger partial charge in [-0.25, -0.2) is 0 Å². The molecule has 1 saturated heterocycles. The molecule has 1 heterocycles. The van der Waals surface area contributed by atoms with Crippen molar-refractivity contribution in [1.82, 2.24) is 10.6 Å². The van der Waals surface area contributed by atoms with Gasteiger partial charge in [0.2, 0.25) is 0 Å². The maximum Gasteiger partial charge on any atom is 0.251 e. The van der Waals surface area contributed by atoms with Gasteiger partial charge in [-0.05, 0) is 55.0 Å². The van der Waals surface area contributed by atoms with Crippen molar-refractivity contribution in [2.75, 3.05) is 6.54 Å². The summed E-state index contributed by atoms with van der Waals surface area (Å²) < 4.78 is 0. The van der Waals surface area contributed by atoms with Gasteiger partial charge in [0.05, 0.1) is 0 Å². The van der Waals surface area contributed by atoms with Crippen LogP contribution in [0.5, 0.6) is 0 Å². The Hall–Kier alpha value is -2.13. The highest BCUT2D eigenvalue weighted by Crippen LogP contribution is 2.31.